The summed E-state index contributed by atoms with van der Waals surface area (Å²) < 4.78 is 16.3. The Labute approximate surface area is 175 Å². The Hall–Kier alpha value is -1.98. The molecule has 2 fully saturated rings. The lowest BCUT2D eigenvalue weighted by Crippen LogP contribution is -2.41. The molecule has 4 nitrogen and oxygen atoms in total. The summed E-state index contributed by atoms with van der Waals surface area (Å²) >= 11 is 6.70. The molecular formula is C23H26ClFN4. The van der Waals surface area contributed by atoms with E-state index < -0.39 is 0 Å². The summed E-state index contributed by atoms with van der Waals surface area (Å²) in [5.41, 5.74) is 2.57. The lowest BCUT2D eigenvalue weighted by molar-refractivity contribution is 0.159. The van der Waals surface area contributed by atoms with Crippen molar-refractivity contribution in [3.05, 3.63) is 64.3 Å². The Balaban J connectivity index is 1.29. The highest BCUT2D eigenvalue weighted by atomic mass is 35.5. The molecule has 2 aromatic heterocycles. The first-order valence-electron chi connectivity index (χ1n) is 10.5. The maximum absolute atomic E-state index is 14.3. The quantitative estimate of drug-likeness (QED) is 0.589. The second kappa shape index (κ2) is 7.37. The molecule has 1 saturated heterocycles. The molecule has 29 heavy (non-hydrogen) atoms. The van der Waals surface area contributed by atoms with E-state index >= 15 is 0 Å². The van der Waals surface area contributed by atoms with Gasteiger partial charge < -0.3 is 0 Å². The maximum Gasteiger partial charge on any atom is 0.179 e. The van der Waals surface area contributed by atoms with Gasteiger partial charge in [0.1, 0.15) is 11.6 Å². The van der Waals surface area contributed by atoms with E-state index in [2.05, 4.69) is 34.3 Å². The molecule has 3 aromatic rings. The van der Waals surface area contributed by atoms with Gasteiger partial charge in [0.05, 0.1) is 5.02 Å². The molecule has 3 heterocycles. The number of nitrogens with zero attached hydrogens (tertiary/aromatic N) is 4. The van der Waals surface area contributed by atoms with Crippen LogP contribution in [0, 0.1) is 11.7 Å². The van der Waals surface area contributed by atoms with Crippen LogP contribution >= 0.6 is 11.6 Å². The number of hydrogen-bond donors (Lipinski definition) is 0. The Kier molecular flexibility index (Phi) is 4.83. The molecule has 0 radical (unpaired) electrons. The lowest BCUT2D eigenvalue weighted by atomic mass is 9.74. The average Bonchev–Trinajstić information content (AvgIpc) is 3.44. The van der Waals surface area contributed by atoms with Crippen molar-refractivity contribution in [2.24, 2.45) is 5.92 Å². The normalized spacial score (nSPS) is 19.7. The van der Waals surface area contributed by atoms with E-state index in [0.29, 0.717) is 5.02 Å². The van der Waals surface area contributed by atoms with Gasteiger partial charge in [0.15, 0.2) is 5.65 Å². The molecule has 0 bridgehead atoms. The van der Waals surface area contributed by atoms with Gasteiger partial charge in [-0.3, -0.25) is 9.30 Å². The molecule has 6 heteroatoms. The maximum atomic E-state index is 14.3. The third-order valence-corrected chi connectivity index (χ3v) is 7.13. The SMILES string of the molecule is CC1(c2ccccc2F)CCN(Cc2ccn3c(CC4CC4)nnc3c2Cl)CC1. The highest BCUT2D eigenvalue weighted by molar-refractivity contribution is 6.34. The van der Waals surface area contributed by atoms with Crippen LogP contribution in [0.25, 0.3) is 5.65 Å². The minimum absolute atomic E-state index is 0.0919. The van der Waals surface area contributed by atoms with Gasteiger partial charge in [0.25, 0.3) is 0 Å². The topological polar surface area (TPSA) is 33.4 Å². The summed E-state index contributed by atoms with van der Waals surface area (Å²) in [5.74, 6) is 1.68. The fraction of sp³-hybridized carbons (Fsp3) is 0.478. The van der Waals surface area contributed by atoms with E-state index in [0.717, 1.165) is 67.4 Å². The largest absolute Gasteiger partial charge is 0.299 e. The number of piperidine rings is 1. The molecule has 1 aliphatic carbocycles. The van der Waals surface area contributed by atoms with Crippen LogP contribution in [-0.4, -0.2) is 32.6 Å². The van der Waals surface area contributed by atoms with Gasteiger partial charge in [-0.2, -0.15) is 0 Å². The second-order valence-corrected chi connectivity index (χ2v) is 9.31. The van der Waals surface area contributed by atoms with Gasteiger partial charge in [0.2, 0.25) is 0 Å². The van der Waals surface area contributed by atoms with Crippen molar-refractivity contribution in [3.8, 4) is 0 Å². The number of rotatable bonds is 5. The van der Waals surface area contributed by atoms with E-state index in [1.165, 1.54) is 12.8 Å². The van der Waals surface area contributed by atoms with Gasteiger partial charge in [0, 0.05) is 19.2 Å². The van der Waals surface area contributed by atoms with Gasteiger partial charge >= 0.3 is 0 Å². The molecule has 1 saturated carbocycles. The van der Waals surface area contributed by atoms with Crippen LogP contribution in [0.2, 0.25) is 5.02 Å². The summed E-state index contributed by atoms with van der Waals surface area (Å²) in [6.07, 6.45) is 7.50. The van der Waals surface area contributed by atoms with E-state index in [9.17, 15) is 4.39 Å². The number of pyridine rings is 1. The zero-order valence-corrected chi connectivity index (χ0v) is 17.5. The monoisotopic (exact) mass is 412 g/mol. The Morgan fingerprint density at radius 1 is 1.14 bits per heavy atom. The van der Waals surface area contributed by atoms with Gasteiger partial charge in [-0.15, -0.1) is 10.2 Å². The van der Waals surface area contributed by atoms with Crippen molar-refractivity contribution in [1.29, 1.82) is 0 Å². The Morgan fingerprint density at radius 3 is 2.62 bits per heavy atom. The van der Waals surface area contributed by atoms with Crippen molar-refractivity contribution in [2.75, 3.05) is 13.1 Å². The van der Waals surface area contributed by atoms with Crippen LogP contribution in [0.1, 0.15) is 49.6 Å². The molecule has 1 aliphatic heterocycles. The van der Waals surface area contributed by atoms with Crippen LogP contribution in [0.5, 0.6) is 0 Å². The number of aromatic nitrogens is 3. The van der Waals surface area contributed by atoms with E-state index in [1.54, 1.807) is 12.1 Å². The van der Waals surface area contributed by atoms with Gasteiger partial charge in [-0.25, -0.2) is 4.39 Å². The molecule has 0 unspecified atom stereocenters. The fourth-order valence-electron chi connectivity index (χ4n) is 4.52. The molecule has 152 valence electrons. The van der Waals surface area contributed by atoms with Crippen molar-refractivity contribution in [3.63, 3.8) is 0 Å². The molecule has 2 aliphatic rings. The number of benzene rings is 1. The number of likely N-dealkylation sites (tertiary alicyclic amines) is 1. The number of fused-ring (bicyclic) bond motifs is 1. The minimum atomic E-state index is -0.111. The van der Waals surface area contributed by atoms with E-state index in [-0.39, 0.29) is 11.2 Å². The van der Waals surface area contributed by atoms with Crippen molar-refractivity contribution >= 4 is 17.2 Å². The smallest absolute Gasteiger partial charge is 0.179 e. The van der Waals surface area contributed by atoms with Crippen LogP contribution in [0.4, 0.5) is 4.39 Å². The van der Waals surface area contributed by atoms with Gasteiger partial charge in [-0.1, -0.05) is 36.7 Å². The molecule has 0 atom stereocenters. The average molecular weight is 413 g/mol. The predicted octanol–water partition coefficient (Wildman–Crippen LogP) is 5.03. The van der Waals surface area contributed by atoms with Crippen molar-refractivity contribution in [2.45, 2.75) is 51.0 Å². The molecule has 0 amide bonds. The summed E-state index contributed by atoms with van der Waals surface area (Å²) in [6, 6.07) is 9.29. The molecule has 5 rings (SSSR count). The Morgan fingerprint density at radius 2 is 1.90 bits per heavy atom. The lowest BCUT2D eigenvalue weighted by Gasteiger charge is -2.40. The summed E-state index contributed by atoms with van der Waals surface area (Å²) in [7, 11) is 0. The number of hydrogen-bond acceptors (Lipinski definition) is 3. The molecule has 0 spiro atoms. The van der Waals surface area contributed by atoms with Gasteiger partial charge in [-0.05, 0) is 73.4 Å². The predicted molar refractivity (Wildman–Crippen MR) is 113 cm³/mol. The molecule has 1 aromatic carbocycles. The fourth-order valence-corrected chi connectivity index (χ4v) is 4.77. The first-order valence-corrected chi connectivity index (χ1v) is 10.9. The van der Waals surface area contributed by atoms with Crippen molar-refractivity contribution in [1.82, 2.24) is 19.5 Å². The summed E-state index contributed by atoms with van der Waals surface area (Å²) in [6.45, 7) is 4.81. The molecule has 0 N–H and O–H groups in total. The third kappa shape index (κ3) is 3.66. The van der Waals surface area contributed by atoms with Crippen LogP contribution in [0.15, 0.2) is 36.5 Å². The highest BCUT2D eigenvalue weighted by Crippen LogP contribution is 2.37. The minimum Gasteiger partial charge on any atom is -0.299 e. The molecular weight excluding hydrogens is 387 g/mol. The summed E-state index contributed by atoms with van der Waals surface area (Å²) in [5, 5.41) is 9.41. The van der Waals surface area contributed by atoms with E-state index in [1.807, 2.05) is 16.5 Å². The zero-order valence-electron chi connectivity index (χ0n) is 16.7. The van der Waals surface area contributed by atoms with Crippen LogP contribution in [-0.2, 0) is 18.4 Å². The first-order chi connectivity index (χ1) is 14.0. The van der Waals surface area contributed by atoms with Crippen LogP contribution < -0.4 is 0 Å². The second-order valence-electron chi connectivity index (χ2n) is 8.93. The highest BCUT2D eigenvalue weighted by Gasteiger charge is 2.34. The standard InChI is InChI=1S/C23H26ClFN4/c1-23(18-4-2-3-5-19(18)25)9-12-28(13-10-23)15-17-8-11-29-20(14-16-6-7-16)26-27-22(29)21(17)24/h2-5,8,11,16H,6-7,9-10,12-15H2,1H3. The summed E-state index contributed by atoms with van der Waals surface area (Å²) in [4.78, 5) is 2.40. The number of halogens is 2. The van der Waals surface area contributed by atoms with E-state index in [4.69, 9.17) is 11.6 Å². The Bertz CT molecular complexity index is 1030. The third-order valence-electron chi connectivity index (χ3n) is 6.72. The van der Waals surface area contributed by atoms with Crippen molar-refractivity contribution < 1.29 is 4.39 Å². The zero-order chi connectivity index (χ0) is 20.0. The first kappa shape index (κ1) is 19.0. The van der Waals surface area contributed by atoms with Crippen LogP contribution in [0.3, 0.4) is 0 Å².